The second kappa shape index (κ2) is 13.8. The van der Waals surface area contributed by atoms with Gasteiger partial charge in [0.25, 0.3) is 5.91 Å². The Kier molecular flexibility index (Phi) is 10.6. The average Bonchev–Trinajstić information content (AvgIpc) is 2.88. The second-order valence-electron chi connectivity index (χ2n) is 9.16. The lowest BCUT2D eigenvalue weighted by atomic mass is 10.0. The van der Waals surface area contributed by atoms with Gasteiger partial charge in [-0.1, -0.05) is 91.3 Å². The van der Waals surface area contributed by atoms with Gasteiger partial charge in [-0.2, -0.15) is 0 Å². The van der Waals surface area contributed by atoms with Crippen molar-refractivity contribution in [2.24, 2.45) is 0 Å². The quantitative estimate of drug-likeness (QED) is 0.295. The van der Waals surface area contributed by atoms with Crippen LogP contribution in [0.25, 0.3) is 0 Å². The SMILES string of the molecule is CCCNC(=O)[C@@H](Cc1ccccc1)N(Cc1cccc(Br)c1)C(=O)COc1ccc(C(C)C)cc1. The average molecular weight is 552 g/mol. The monoisotopic (exact) mass is 550 g/mol. The summed E-state index contributed by atoms with van der Waals surface area (Å²) in [6, 6.07) is 24.7. The molecule has 3 aromatic rings. The van der Waals surface area contributed by atoms with Gasteiger partial charge in [-0.25, -0.2) is 0 Å². The minimum absolute atomic E-state index is 0.151. The summed E-state index contributed by atoms with van der Waals surface area (Å²) in [6.45, 7) is 6.98. The zero-order valence-corrected chi connectivity index (χ0v) is 22.8. The molecule has 5 nitrogen and oxygen atoms in total. The summed E-state index contributed by atoms with van der Waals surface area (Å²) in [6.07, 6.45) is 1.23. The summed E-state index contributed by atoms with van der Waals surface area (Å²) in [5, 5.41) is 2.99. The summed E-state index contributed by atoms with van der Waals surface area (Å²) in [5.74, 6) is 0.646. The van der Waals surface area contributed by atoms with Gasteiger partial charge in [0.15, 0.2) is 6.61 Å². The molecule has 2 amide bonds. The third-order valence-electron chi connectivity index (χ3n) is 5.97. The highest BCUT2D eigenvalue weighted by molar-refractivity contribution is 9.10. The van der Waals surface area contributed by atoms with E-state index in [-0.39, 0.29) is 18.4 Å². The predicted octanol–water partition coefficient (Wildman–Crippen LogP) is 6.12. The molecule has 0 bridgehead atoms. The van der Waals surface area contributed by atoms with Crippen molar-refractivity contribution < 1.29 is 14.3 Å². The number of carbonyl (C=O) groups excluding carboxylic acids is 2. The zero-order valence-electron chi connectivity index (χ0n) is 21.2. The molecule has 0 spiro atoms. The minimum Gasteiger partial charge on any atom is -0.484 e. The molecule has 0 aliphatic carbocycles. The van der Waals surface area contributed by atoms with E-state index in [9.17, 15) is 9.59 Å². The first kappa shape index (κ1) is 27.5. The van der Waals surface area contributed by atoms with Gasteiger partial charge in [0.2, 0.25) is 5.91 Å². The topological polar surface area (TPSA) is 58.6 Å². The van der Waals surface area contributed by atoms with E-state index in [4.69, 9.17) is 4.74 Å². The van der Waals surface area contributed by atoms with E-state index in [2.05, 4.69) is 35.1 Å². The summed E-state index contributed by atoms with van der Waals surface area (Å²) in [5.41, 5.74) is 3.13. The van der Waals surface area contributed by atoms with Crippen LogP contribution in [0.2, 0.25) is 0 Å². The number of rotatable bonds is 12. The van der Waals surface area contributed by atoms with E-state index < -0.39 is 6.04 Å². The van der Waals surface area contributed by atoms with Crippen molar-refractivity contribution in [1.82, 2.24) is 10.2 Å². The van der Waals surface area contributed by atoms with Gasteiger partial charge in [-0.3, -0.25) is 9.59 Å². The summed E-state index contributed by atoms with van der Waals surface area (Å²) >= 11 is 3.51. The van der Waals surface area contributed by atoms with Gasteiger partial charge < -0.3 is 15.0 Å². The molecule has 0 fully saturated rings. The number of amides is 2. The molecule has 0 aromatic heterocycles. The molecule has 1 N–H and O–H groups in total. The fourth-order valence-electron chi connectivity index (χ4n) is 3.93. The lowest BCUT2D eigenvalue weighted by molar-refractivity contribution is -0.142. The molecule has 0 heterocycles. The van der Waals surface area contributed by atoms with E-state index in [1.165, 1.54) is 5.56 Å². The van der Waals surface area contributed by atoms with E-state index in [0.29, 0.717) is 31.2 Å². The molecule has 190 valence electrons. The summed E-state index contributed by atoms with van der Waals surface area (Å²) < 4.78 is 6.79. The van der Waals surface area contributed by atoms with Crippen LogP contribution in [0, 0.1) is 0 Å². The second-order valence-corrected chi connectivity index (χ2v) is 10.1. The number of ether oxygens (including phenoxy) is 1. The molecule has 3 aromatic carbocycles. The Balaban J connectivity index is 1.86. The van der Waals surface area contributed by atoms with Crippen molar-refractivity contribution in [2.75, 3.05) is 13.2 Å². The standard InChI is InChI=1S/C30H35BrN2O3/c1-4-17-32-30(35)28(19-23-9-6-5-7-10-23)33(20-24-11-8-12-26(31)18-24)29(34)21-36-27-15-13-25(14-16-27)22(2)3/h5-16,18,22,28H,4,17,19-21H2,1-3H3,(H,32,35)/t28-/m1/s1. The van der Waals surface area contributed by atoms with Gasteiger partial charge in [0.1, 0.15) is 11.8 Å². The van der Waals surface area contributed by atoms with Crippen molar-refractivity contribution in [1.29, 1.82) is 0 Å². The Bertz CT molecular complexity index is 1120. The number of hydrogen-bond acceptors (Lipinski definition) is 3. The van der Waals surface area contributed by atoms with Gasteiger partial charge in [0, 0.05) is 24.0 Å². The van der Waals surface area contributed by atoms with Gasteiger partial charge >= 0.3 is 0 Å². The van der Waals surface area contributed by atoms with Crippen molar-refractivity contribution in [3.63, 3.8) is 0 Å². The maximum atomic E-state index is 13.6. The molecule has 3 rings (SSSR count). The molecular weight excluding hydrogens is 516 g/mol. The Labute approximate surface area is 223 Å². The number of halogens is 1. The van der Waals surface area contributed by atoms with Crippen LogP contribution in [-0.2, 0) is 22.6 Å². The number of hydrogen-bond donors (Lipinski definition) is 1. The van der Waals surface area contributed by atoms with E-state index >= 15 is 0 Å². The molecule has 0 aliphatic heterocycles. The first-order valence-electron chi connectivity index (χ1n) is 12.5. The van der Waals surface area contributed by atoms with E-state index in [1.807, 2.05) is 85.8 Å². The smallest absolute Gasteiger partial charge is 0.261 e. The van der Waals surface area contributed by atoms with Crippen LogP contribution in [0.5, 0.6) is 5.75 Å². The van der Waals surface area contributed by atoms with Gasteiger partial charge in [-0.15, -0.1) is 0 Å². The van der Waals surface area contributed by atoms with Gasteiger partial charge in [0.05, 0.1) is 0 Å². The largest absolute Gasteiger partial charge is 0.484 e. The molecule has 0 aliphatic rings. The summed E-state index contributed by atoms with van der Waals surface area (Å²) in [4.78, 5) is 28.6. The molecule has 1 atom stereocenters. The van der Waals surface area contributed by atoms with E-state index in [0.717, 1.165) is 22.0 Å². The van der Waals surface area contributed by atoms with Crippen LogP contribution in [0.15, 0.2) is 83.3 Å². The fraction of sp³-hybridized carbons (Fsp3) is 0.333. The summed E-state index contributed by atoms with van der Waals surface area (Å²) in [7, 11) is 0. The van der Waals surface area contributed by atoms with Crippen LogP contribution in [0.3, 0.4) is 0 Å². The first-order chi connectivity index (χ1) is 17.4. The van der Waals surface area contributed by atoms with Crippen LogP contribution >= 0.6 is 15.9 Å². The highest BCUT2D eigenvalue weighted by Crippen LogP contribution is 2.20. The minimum atomic E-state index is -0.669. The Hall–Kier alpha value is -3.12. The van der Waals surface area contributed by atoms with Gasteiger partial charge in [-0.05, 0) is 53.3 Å². The number of carbonyl (C=O) groups is 2. The van der Waals surface area contributed by atoms with Crippen LogP contribution in [0.4, 0.5) is 0 Å². The Morgan fingerprint density at radius 1 is 0.944 bits per heavy atom. The molecule has 36 heavy (non-hydrogen) atoms. The van der Waals surface area contributed by atoms with Crippen molar-refractivity contribution in [2.45, 2.75) is 52.1 Å². The lowest BCUT2D eigenvalue weighted by Crippen LogP contribution is -2.51. The van der Waals surface area contributed by atoms with Crippen LogP contribution in [0.1, 0.15) is 49.8 Å². The lowest BCUT2D eigenvalue weighted by Gasteiger charge is -2.31. The number of nitrogens with zero attached hydrogens (tertiary/aromatic N) is 1. The molecule has 0 saturated heterocycles. The molecule has 0 unspecified atom stereocenters. The third kappa shape index (κ3) is 8.23. The molecule has 0 saturated carbocycles. The fourth-order valence-corrected chi connectivity index (χ4v) is 4.38. The predicted molar refractivity (Wildman–Crippen MR) is 148 cm³/mol. The maximum absolute atomic E-state index is 13.6. The Morgan fingerprint density at radius 3 is 2.28 bits per heavy atom. The normalized spacial score (nSPS) is 11.7. The Morgan fingerprint density at radius 2 is 1.64 bits per heavy atom. The van der Waals surface area contributed by atoms with Crippen molar-refractivity contribution in [3.05, 3.63) is 100 Å². The third-order valence-corrected chi connectivity index (χ3v) is 6.46. The molecule has 6 heteroatoms. The molecule has 0 radical (unpaired) electrons. The number of nitrogens with one attached hydrogen (secondary N) is 1. The maximum Gasteiger partial charge on any atom is 0.261 e. The zero-order chi connectivity index (χ0) is 25.9. The van der Waals surface area contributed by atoms with Crippen molar-refractivity contribution in [3.8, 4) is 5.75 Å². The van der Waals surface area contributed by atoms with Crippen molar-refractivity contribution >= 4 is 27.7 Å². The first-order valence-corrected chi connectivity index (χ1v) is 13.2. The van der Waals surface area contributed by atoms with Crippen LogP contribution < -0.4 is 10.1 Å². The van der Waals surface area contributed by atoms with E-state index in [1.54, 1.807) is 4.90 Å². The molecular formula is C30H35BrN2O3. The highest BCUT2D eigenvalue weighted by Gasteiger charge is 2.30. The number of benzene rings is 3. The van der Waals surface area contributed by atoms with Crippen LogP contribution in [-0.4, -0.2) is 35.9 Å². The highest BCUT2D eigenvalue weighted by atomic mass is 79.9.